The van der Waals surface area contributed by atoms with Gasteiger partial charge in [0, 0.05) is 13.2 Å². The molecule has 0 radical (unpaired) electrons. The van der Waals surface area contributed by atoms with E-state index in [0.717, 1.165) is 19.4 Å². The molecule has 2 atom stereocenters. The third-order valence-electron chi connectivity index (χ3n) is 2.97. The summed E-state index contributed by atoms with van der Waals surface area (Å²) in [5, 5.41) is 0. The first-order chi connectivity index (χ1) is 5.87. The number of nitrogens with two attached hydrogens (primary N) is 1. The summed E-state index contributed by atoms with van der Waals surface area (Å²) >= 11 is 0. The summed E-state index contributed by atoms with van der Waals surface area (Å²) in [5.74, 6) is 0. The molecule has 0 heterocycles. The summed E-state index contributed by atoms with van der Waals surface area (Å²) in [6, 6.07) is 0.351. The van der Waals surface area contributed by atoms with Crippen molar-refractivity contribution in [3.05, 3.63) is 0 Å². The molecule has 1 aliphatic rings. The Kier molecular flexibility index (Phi) is 3.03. The molecule has 1 rings (SSSR count). The van der Waals surface area contributed by atoms with E-state index in [9.17, 15) is 0 Å². The number of hydrogen-bond acceptors (Lipinski definition) is 2. The lowest BCUT2D eigenvalue weighted by molar-refractivity contribution is 0.0103. The summed E-state index contributed by atoms with van der Waals surface area (Å²) < 4.78 is 5.27. The maximum absolute atomic E-state index is 6.06. The van der Waals surface area contributed by atoms with Crippen LogP contribution in [0.5, 0.6) is 0 Å². The van der Waals surface area contributed by atoms with Crippen LogP contribution in [0.15, 0.2) is 0 Å². The highest BCUT2D eigenvalue weighted by molar-refractivity contribution is 4.92. The van der Waals surface area contributed by atoms with Crippen molar-refractivity contribution in [2.75, 3.05) is 13.7 Å². The van der Waals surface area contributed by atoms with Gasteiger partial charge < -0.3 is 10.5 Å². The van der Waals surface area contributed by atoms with E-state index in [1.165, 1.54) is 6.42 Å². The van der Waals surface area contributed by atoms with Gasteiger partial charge in [0.2, 0.25) is 0 Å². The maximum atomic E-state index is 6.06. The van der Waals surface area contributed by atoms with Gasteiger partial charge >= 0.3 is 0 Å². The Balaban J connectivity index is 2.66. The van der Waals surface area contributed by atoms with Gasteiger partial charge in [-0.05, 0) is 30.1 Å². The van der Waals surface area contributed by atoms with Gasteiger partial charge in [-0.1, -0.05) is 20.8 Å². The number of ether oxygens (including phenoxy) is 1. The van der Waals surface area contributed by atoms with Crippen molar-refractivity contribution < 1.29 is 4.74 Å². The highest BCUT2D eigenvalue weighted by Gasteiger charge is 2.39. The summed E-state index contributed by atoms with van der Waals surface area (Å²) in [6.07, 6.45) is 3.47. The SMILES string of the molecule is COCC1(C)CC(N)CC(C)(C)C1. The zero-order valence-corrected chi connectivity index (χ0v) is 9.39. The first kappa shape index (κ1) is 11.0. The van der Waals surface area contributed by atoms with Crippen LogP contribution in [-0.2, 0) is 4.74 Å². The summed E-state index contributed by atoms with van der Waals surface area (Å²) in [4.78, 5) is 0. The van der Waals surface area contributed by atoms with Crippen LogP contribution in [0.25, 0.3) is 0 Å². The van der Waals surface area contributed by atoms with Gasteiger partial charge in [0.1, 0.15) is 0 Å². The quantitative estimate of drug-likeness (QED) is 0.715. The number of methoxy groups -OCH3 is 1. The van der Waals surface area contributed by atoms with E-state index in [1.807, 2.05) is 0 Å². The van der Waals surface area contributed by atoms with Gasteiger partial charge in [0.25, 0.3) is 0 Å². The maximum Gasteiger partial charge on any atom is 0.0516 e. The van der Waals surface area contributed by atoms with Crippen LogP contribution in [-0.4, -0.2) is 19.8 Å². The van der Waals surface area contributed by atoms with E-state index < -0.39 is 0 Å². The average molecular weight is 185 g/mol. The highest BCUT2D eigenvalue weighted by atomic mass is 16.5. The molecule has 13 heavy (non-hydrogen) atoms. The standard InChI is InChI=1S/C11H23NO/c1-10(2)5-9(12)6-11(3,7-10)8-13-4/h9H,5-8,12H2,1-4H3. The van der Waals surface area contributed by atoms with Gasteiger partial charge in [-0.2, -0.15) is 0 Å². The molecule has 0 aromatic rings. The molecule has 1 saturated carbocycles. The van der Waals surface area contributed by atoms with Crippen molar-refractivity contribution in [2.45, 2.75) is 46.1 Å². The predicted molar refractivity (Wildman–Crippen MR) is 55.6 cm³/mol. The fourth-order valence-corrected chi connectivity index (χ4v) is 3.17. The van der Waals surface area contributed by atoms with Gasteiger partial charge in [-0.3, -0.25) is 0 Å². The van der Waals surface area contributed by atoms with Crippen molar-refractivity contribution in [2.24, 2.45) is 16.6 Å². The first-order valence-electron chi connectivity index (χ1n) is 5.11. The second-order valence-corrected chi connectivity index (χ2v) is 5.75. The smallest absolute Gasteiger partial charge is 0.0516 e. The Morgan fingerprint density at radius 2 is 1.92 bits per heavy atom. The summed E-state index contributed by atoms with van der Waals surface area (Å²) in [5.41, 5.74) is 6.73. The van der Waals surface area contributed by atoms with Crippen molar-refractivity contribution in [3.8, 4) is 0 Å². The molecule has 2 heteroatoms. The van der Waals surface area contributed by atoms with E-state index in [1.54, 1.807) is 7.11 Å². The molecule has 2 nitrogen and oxygen atoms in total. The Morgan fingerprint density at radius 1 is 1.31 bits per heavy atom. The van der Waals surface area contributed by atoms with Crippen LogP contribution in [0.3, 0.4) is 0 Å². The van der Waals surface area contributed by atoms with Crippen molar-refractivity contribution in [1.29, 1.82) is 0 Å². The Labute approximate surface area is 81.8 Å². The molecule has 1 aliphatic carbocycles. The molecular formula is C11H23NO. The molecule has 2 N–H and O–H groups in total. The van der Waals surface area contributed by atoms with Crippen LogP contribution in [0, 0.1) is 10.8 Å². The normalized spacial score (nSPS) is 39.0. The van der Waals surface area contributed by atoms with Gasteiger partial charge in [-0.15, -0.1) is 0 Å². The molecule has 0 amide bonds. The van der Waals surface area contributed by atoms with E-state index in [2.05, 4.69) is 20.8 Å². The second kappa shape index (κ2) is 3.58. The Morgan fingerprint density at radius 3 is 2.38 bits per heavy atom. The third kappa shape index (κ3) is 2.96. The lowest BCUT2D eigenvalue weighted by Crippen LogP contribution is -2.44. The fraction of sp³-hybridized carbons (Fsp3) is 1.00. The van der Waals surface area contributed by atoms with E-state index in [4.69, 9.17) is 10.5 Å². The Bertz CT molecular complexity index is 179. The molecule has 2 unspecified atom stereocenters. The molecule has 0 saturated heterocycles. The lowest BCUT2D eigenvalue weighted by Gasteiger charge is -2.45. The number of hydrogen-bond donors (Lipinski definition) is 1. The zero-order valence-electron chi connectivity index (χ0n) is 9.39. The summed E-state index contributed by atoms with van der Waals surface area (Å²) in [6.45, 7) is 7.74. The molecule has 0 aromatic carbocycles. The minimum absolute atomic E-state index is 0.288. The van der Waals surface area contributed by atoms with Gasteiger partial charge in [-0.25, -0.2) is 0 Å². The van der Waals surface area contributed by atoms with E-state index in [0.29, 0.717) is 11.5 Å². The van der Waals surface area contributed by atoms with Crippen molar-refractivity contribution >= 4 is 0 Å². The van der Waals surface area contributed by atoms with Crippen LogP contribution in [0.1, 0.15) is 40.0 Å². The molecule has 0 aliphatic heterocycles. The summed E-state index contributed by atoms with van der Waals surface area (Å²) in [7, 11) is 1.78. The second-order valence-electron chi connectivity index (χ2n) is 5.75. The molecular weight excluding hydrogens is 162 g/mol. The predicted octanol–water partition coefficient (Wildman–Crippen LogP) is 2.18. The van der Waals surface area contributed by atoms with Crippen LogP contribution >= 0.6 is 0 Å². The van der Waals surface area contributed by atoms with Gasteiger partial charge in [0.15, 0.2) is 0 Å². The molecule has 0 spiro atoms. The zero-order chi connectivity index (χ0) is 10.1. The van der Waals surface area contributed by atoms with Gasteiger partial charge in [0.05, 0.1) is 6.61 Å². The Hall–Kier alpha value is -0.0800. The number of rotatable bonds is 2. The van der Waals surface area contributed by atoms with Crippen LogP contribution in [0.2, 0.25) is 0 Å². The monoisotopic (exact) mass is 185 g/mol. The fourth-order valence-electron chi connectivity index (χ4n) is 3.17. The highest BCUT2D eigenvalue weighted by Crippen LogP contribution is 2.45. The molecule has 1 fully saturated rings. The molecule has 78 valence electrons. The minimum atomic E-state index is 0.288. The van der Waals surface area contributed by atoms with Crippen molar-refractivity contribution in [1.82, 2.24) is 0 Å². The average Bonchev–Trinajstić information content (AvgIpc) is 1.78. The largest absolute Gasteiger partial charge is 0.384 e. The lowest BCUT2D eigenvalue weighted by atomic mass is 9.63. The third-order valence-corrected chi connectivity index (χ3v) is 2.97. The van der Waals surface area contributed by atoms with E-state index >= 15 is 0 Å². The minimum Gasteiger partial charge on any atom is -0.384 e. The first-order valence-corrected chi connectivity index (χ1v) is 5.11. The van der Waals surface area contributed by atoms with Crippen LogP contribution < -0.4 is 5.73 Å². The van der Waals surface area contributed by atoms with E-state index in [-0.39, 0.29) is 5.41 Å². The topological polar surface area (TPSA) is 35.2 Å². The van der Waals surface area contributed by atoms with Crippen LogP contribution in [0.4, 0.5) is 0 Å². The molecule has 0 aromatic heterocycles. The van der Waals surface area contributed by atoms with Crippen molar-refractivity contribution in [3.63, 3.8) is 0 Å². The molecule has 0 bridgehead atoms.